The zero-order valence-corrected chi connectivity index (χ0v) is 62.6. The Bertz CT molecular complexity index is 4180. The van der Waals surface area contributed by atoms with Crippen LogP contribution < -0.4 is 62.6 Å². The summed E-state index contributed by atoms with van der Waals surface area (Å²) in [6.07, 6.45) is -0.0647. The van der Waals surface area contributed by atoms with Crippen LogP contribution in [0.4, 0.5) is 4.79 Å². The van der Waals surface area contributed by atoms with Gasteiger partial charge in [-0.1, -0.05) is 121 Å². The van der Waals surface area contributed by atoms with Gasteiger partial charge < -0.3 is 77.5 Å². The van der Waals surface area contributed by atoms with Gasteiger partial charge in [-0.25, -0.2) is 17.9 Å². The number of nitrogens with one attached hydrogen (secondary N) is 12. The van der Waals surface area contributed by atoms with E-state index in [-0.39, 0.29) is 56.6 Å². The molecule has 0 saturated carbocycles. The van der Waals surface area contributed by atoms with Gasteiger partial charge in [0.15, 0.2) is 0 Å². The number of carbonyl (C=O) groups excluding carboxylic acids is 11. The van der Waals surface area contributed by atoms with E-state index >= 15 is 0 Å². The number of hydrogen-bond donors (Lipinski definition) is 13. The lowest BCUT2D eigenvalue weighted by molar-refractivity contribution is -0.144. The molecule has 0 aromatic heterocycles. The number of alkyl carbamates (subject to hydrolysis) is 1. The molecule has 8 rings (SSSR count). The maximum absolute atomic E-state index is 14.9. The molecule has 32 heteroatoms. The minimum absolute atomic E-state index is 0.0142. The Morgan fingerprint density at radius 2 is 1.07 bits per heavy atom. The maximum atomic E-state index is 14.9. The first-order valence-electron chi connectivity index (χ1n) is 35.6. The lowest BCUT2D eigenvalue weighted by atomic mass is 9.77. The van der Waals surface area contributed by atoms with Crippen LogP contribution in [0.15, 0.2) is 126 Å². The quantitative estimate of drug-likeness (QED) is 0.0127. The van der Waals surface area contributed by atoms with E-state index < -0.39 is 173 Å². The minimum atomic E-state index is -4.33. The normalized spacial score (nSPS) is 15.9. The summed E-state index contributed by atoms with van der Waals surface area (Å²) >= 11 is 0. The number of guanidine groups is 1. The van der Waals surface area contributed by atoms with Crippen molar-refractivity contribution in [2.75, 3.05) is 52.4 Å². The molecular formula is C76H96N14O17S. The number of carbonyl (C=O) groups is 12. The molecule has 578 valence electrons. The number of ether oxygens (including phenoxy) is 2. The molecule has 0 spiro atoms. The molecule has 5 aromatic carbocycles. The highest BCUT2D eigenvalue weighted by atomic mass is 32.2. The number of carboxylic acids is 1. The Morgan fingerprint density at radius 1 is 0.583 bits per heavy atom. The van der Waals surface area contributed by atoms with Gasteiger partial charge in [0, 0.05) is 38.0 Å². The predicted molar refractivity (Wildman–Crippen MR) is 396 cm³/mol. The number of rotatable bonds is 32. The summed E-state index contributed by atoms with van der Waals surface area (Å²) in [5.74, 6) is -9.40. The SMILES string of the molecule is Cc1c(C)c(S(=O)(=O)NC(=N)NCCC[C@H](NC(=O)[C@@H]2CCCN2C(=O)[C@@H](Cc2ccccc2)NC(=O)OC(C)(C)C)C(=O)N2CCC[C@H]2C(=O)NCC(=O)NCC(=O)NCC(=O)NCC(=O)N[C@@H](CC(=O)NC(c2ccccc2)(c2ccccc2)c2ccccc2)C(=O)NCC(=O)O)c(C)c2c1OC(C)(C)C2. The Hall–Kier alpha value is -11.4. The Morgan fingerprint density at radius 3 is 1.59 bits per heavy atom. The van der Waals surface area contributed by atoms with Crippen LogP contribution in [0, 0.1) is 26.2 Å². The molecule has 13 N–H and O–H groups in total. The summed E-state index contributed by atoms with van der Waals surface area (Å²) in [6.45, 7) is 10.4. The number of carboxylic acid groups (broad SMARTS) is 1. The third kappa shape index (κ3) is 22.1. The van der Waals surface area contributed by atoms with Crippen molar-refractivity contribution in [2.45, 2.75) is 165 Å². The topological polar surface area (TPSA) is 440 Å². The van der Waals surface area contributed by atoms with Crippen LogP contribution in [0.2, 0.25) is 0 Å². The summed E-state index contributed by atoms with van der Waals surface area (Å²) in [4.78, 5) is 165. The average molecular weight is 1510 g/mol. The van der Waals surface area contributed by atoms with Gasteiger partial charge in [-0.3, -0.25) is 58.1 Å². The summed E-state index contributed by atoms with van der Waals surface area (Å²) in [5, 5.41) is 43.2. The van der Waals surface area contributed by atoms with Gasteiger partial charge in [-0.2, -0.15) is 0 Å². The monoisotopic (exact) mass is 1510 g/mol. The van der Waals surface area contributed by atoms with Crippen LogP contribution in [0.25, 0.3) is 0 Å². The zero-order chi connectivity index (χ0) is 78.7. The highest BCUT2D eigenvalue weighted by Crippen LogP contribution is 2.44. The van der Waals surface area contributed by atoms with Crippen molar-refractivity contribution in [2.24, 2.45) is 0 Å². The van der Waals surface area contributed by atoms with Crippen LogP contribution in [0.3, 0.4) is 0 Å². The predicted octanol–water partition coefficient (Wildman–Crippen LogP) is 2.16. The zero-order valence-electron chi connectivity index (χ0n) is 61.7. The molecule has 108 heavy (non-hydrogen) atoms. The highest BCUT2D eigenvalue weighted by molar-refractivity contribution is 7.90. The number of aliphatic carboxylic acids is 1. The van der Waals surface area contributed by atoms with E-state index in [4.69, 9.17) is 14.9 Å². The molecule has 2 fully saturated rings. The van der Waals surface area contributed by atoms with E-state index in [1.54, 1.807) is 108 Å². The second kappa shape index (κ2) is 36.7. The van der Waals surface area contributed by atoms with Gasteiger partial charge >= 0.3 is 12.1 Å². The molecule has 3 heterocycles. The third-order valence-electron chi connectivity index (χ3n) is 18.5. The van der Waals surface area contributed by atoms with Crippen molar-refractivity contribution >= 4 is 87.1 Å². The number of likely N-dealkylation sites (tertiary alicyclic amines) is 2. The van der Waals surface area contributed by atoms with E-state index in [0.29, 0.717) is 64.0 Å². The molecule has 5 atom stereocenters. The molecule has 3 aliphatic heterocycles. The second-order valence-corrected chi connectivity index (χ2v) is 29.9. The largest absolute Gasteiger partial charge is 0.487 e. The smallest absolute Gasteiger partial charge is 0.408 e. The van der Waals surface area contributed by atoms with E-state index in [1.165, 1.54) is 9.80 Å². The summed E-state index contributed by atoms with van der Waals surface area (Å²) in [6, 6.07) is 29.6. The average Bonchev–Trinajstić information content (AvgIpc) is 1.40. The molecular weight excluding hydrogens is 1410 g/mol. The molecule has 5 aromatic rings. The van der Waals surface area contributed by atoms with Crippen LogP contribution >= 0.6 is 0 Å². The molecule has 3 aliphatic rings. The Kier molecular flexibility index (Phi) is 27.9. The first-order valence-corrected chi connectivity index (χ1v) is 37.1. The van der Waals surface area contributed by atoms with Crippen molar-refractivity contribution in [1.29, 1.82) is 5.41 Å². The number of benzene rings is 5. The lowest BCUT2D eigenvalue weighted by Crippen LogP contribution is -2.58. The van der Waals surface area contributed by atoms with E-state index in [0.717, 1.165) is 5.56 Å². The molecule has 2 saturated heterocycles. The van der Waals surface area contributed by atoms with Crippen LogP contribution in [0.1, 0.15) is 124 Å². The summed E-state index contributed by atoms with van der Waals surface area (Å²) < 4.78 is 42.0. The minimum Gasteiger partial charge on any atom is -0.487 e. The fraction of sp³-hybridized carbons (Fsp3) is 0.434. The molecule has 0 aliphatic carbocycles. The molecule has 31 nitrogen and oxygen atoms in total. The summed E-state index contributed by atoms with van der Waals surface area (Å²) in [7, 11) is -4.33. The Labute approximate surface area is 626 Å². The second-order valence-electron chi connectivity index (χ2n) is 28.3. The van der Waals surface area contributed by atoms with E-state index in [1.807, 2.05) is 68.4 Å². The third-order valence-corrected chi connectivity index (χ3v) is 20.1. The first kappa shape index (κ1) is 82.2. The lowest BCUT2D eigenvalue weighted by Gasteiger charge is -2.37. The molecule has 11 amide bonds. The number of fused-ring (bicyclic) bond motifs is 1. The fourth-order valence-corrected chi connectivity index (χ4v) is 14.9. The van der Waals surface area contributed by atoms with E-state index in [9.17, 15) is 71.1 Å². The van der Waals surface area contributed by atoms with Crippen LogP contribution in [0.5, 0.6) is 5.75 Å². The van der Waals surface area contributed by atoms with Crippen LogP contribution in [-0.4, -0.2) is 194 Å². The van der Waals surface area contributed by atoms with Crippen molar-refractivity contribution in [3.05, 3.63) is 166 Å². The number of sulfonamides is 1. The molecule has 0 bridgehead atoms. The standard InChI is InChI=1S/C76H96N14O17S/c1-46-47(2)66(48(3)53-40-75(7,8)106-65(46)53)108(104,105)88-72(77)78-35-21-32-54(85-69(100)58-34-23-37-90(58)71(102)56(38-49-24-13-9-14-25-49)86-73(103)107-74(4,5)6)70(101)89-36-22-33-57(89)68(99)82-43-62(94)80-41-60(92)79-42-61(93)81-44-63(95)84-55(67(98)83-45-64(96)97)39-59(91)87-76(50-26-15-10-16-27-50,51-28-17-11-18-29-51)52-30-19-12-20-31-52/h9-20,24-31,54-58H,21-23,32-45H2,1-8H3,(H,79,92)(H,80,94)(H,81,93)(H,82,99)(H,83,98)(H,84,95)(H,85,100)(H,86,103)(H,87,91)(H,96,97)(H3,77,78,88)/t54-,55-,56+,57-,58-/m0/s1. The van der Waals surface area contributed by atoms with Crippen molar-refractivity contribution < 1.29 is 80.5 Å². The fourth-order valence-electron chi connectivity index (χ4n) is 13.4. The van der Waals surface area contributed by atoms with Crippen LogP contribution in [-0.2, 0) is 85.9 Å². The number of amides is 11. The number of nitrogens with zero attached hydrogens (tertiary/aromatic N) is 2. The molecule has 0 unspecified atom stereocenters. The maximum Gasteiger partial charge on any atom is 0.408 e. The van der Waals surface area contributed by atoms with Gasteiger partial charge in [0.1, 0.15) is 59.2 Å². The van der Waals surface area contributed by atoms with Crippen molar-refractivity contribution in [1.82, 2.24) is 67.7 Å². The molecule has 0 radical (unpaired) electrons. The van der Waals surface area contributed by atoms with Crippen molar-refractivity contribution in [3.63, 3.8) is 0 Å². The summed E-state index contributed by atoms with van der Waals surface area (Å²) in [5.41, 5.74) is 2.25. The van der Waals surface area contributed by atoms with Gasteiger partial charge in [0.05, 0.1) is 37.5 Å². The van der Waals surface area contributed by atoms with E-state index in [2.05, 4.69) is 57.9 Å². The number of hydrogen-bond acceptors (Lipinski definition) is 17. The van der Waals surface area contributed by atoms with Gasteiger partial charge in [-0.05, 0) is 133 Å². The van der Waals surface area contributed by atoms with Gasteiger partial charge in [0.2, 0.25) is 65.0 Å². The van der Waals surface area contributed by atoms with Gasteiger partial charge in [0.25, 0.3) is 10.0 Å². The van der Waals surface area contributed by atoms with Crippen molar-refractivity contribution in [3.8, 4) is 5.75 Å². The Balaban J connectivity index is 0.855. The highest BCUT2D eigenvalue weighted by Gasteiger charge is 2.44. The van der Waals surface area contributed by atoms with Gasteiger partial charge in [-0.15, -0.1) is 0 Å². The first-order chi connectivity index (χ1) is 51.2.